The van der Waals surface area contributed by atoms with Crippen LogP contribution >= 0.6 is 11.6 Å². The summed E-state index contributed by atoms with van der Waals surface area (Å²) in [5.74, 6) is -0.573. The van der Waals surface area contributed by atoms with Gasteiger partial charge in [0.2, 0.25) is 0 Å². The van der Waals surface area contributed by atoms with E-state index in [1.54, 1.807) is 13.0 Å². The highest BCUT2D eigenvalue weighted by Crippen LogP contribution is 2.29. The molecule has 7 heteroatoms. The maximum atomic E-state index is 12.5. The number of esters is 1. The Morgan fingerprint density at radius 2 is 2.33 bits per heavy atom. The van der Waals surface area contributed by atoms with Crippen LogP contribution in [0, 0.1) is 11.3 Å². The number of alkyl halides is 2. The third-order valence-corrected chi connectivity index (χ3v) is 2.47. The van der Waals surface area contributed by atoms with Gasteiger partial charge in [-0.15, -0.1) is 0 Å². The van der Waals surface area contributed by atoms with Gasteiger partial charge in [-0.3, -0.25) is 9.78 Å². The van der Waals surface area contributed by atoms with Crippen LogP contribution in [0.15, 0.2) is 6.20 Å². The first-order chi connectivity index (χ1) is 8.51. The molecule has 0 amide bonds. The van der Waals surface area contributed by atoms with Gasteiger partial charge >= 0.3 is 5.97 Å². The first kappa shape index (κ1) is 14.3. The minimum Gasteiger partial charge on any atom is -0.466 e. The molecule has 1 rings (SSSR count). The summed E-state index contributed by atoms with van der Waals surface area (Å²) >= 11 is 5.65. The molecule has 0 fully saturated rings. The number of carbonyl (C=O) groups excluding carboxylic acids is 1. The first-order valence-corrected chi connectivity index (χ1v) is 5.40. The lowest BCUT2D eigenvalue weighted by molar-refractivity contribution is -0.142. The highest BCUT2D eigenvalue weighted by molar-refractivity contribution is 6.32. The van der Waals surface area contributed by atoms with Crippen LogP contribution in [0.5, 0.6) is 0 Å². The average molecular weight is 275 g/mol. The van der Waals surface area contributed by atoms with E-state index >= 15 is 0 Å². The van der Waals surface area contributed by atoms with Crippen molar-refractivity contribution in [3.8, 4) is 6.07 Å². The molecule has 1 aromatic rings. The van der Waals surface area contributed by atoms with Gasteiger partial charge in [0.05, 0.1) is 23.6 Å². The van der Waals surface area contributed by atoms with Crippen LogP contribution in [0.3, 0.4) is 0 Å². The molecule has 1 heterocycles. The molecule has 0 radical (unpaired) electrons. The Morgan fingerprint density at radius 3 is 2.83 bits per heavy atom. The van der Waals surface area contributed by atoms with Gasteiger partial charge in [-0.05, 0) is 6.92 Å². The van der Waals surface area contributed by atoms with Crippen molar-refractivity contribution >= 4 is 17.6 Å². The first-order valence-electron chi connectivity index (χ1n) is 5.02. The monoisotopic (exact) mass is 274 g/mol. The third-order valence-electron chi connectivity index (χ3n) is 2.08. The Hall–Kier alpha value is -1.74. The number of pyridine rings is 1. The number of halogens is 3. The molecule has 0 N–H and O–H groups in total. The van der Waals surface area contributed by atoms with Crippen LogP contribution < -0.4 is 0 Å². The fourth-order valence-corrected chi connectivity index (χ4v) is 1.61. The molecule has 0 unspecified atom stereocenters. The van der Waals surface area contributed by atoms with Crippen molar-refractivity contribution in [3.63, 3.8) is 0 Å². The van der Waals surface area contributed by atoms with E-state index in [-0.39, 0.29) is 24.2 Å². The fourth-order valence-electron chi connectivity index (χ4n) is 1.31. The highest BCUT2D eigenvalue weighted by Gasteiger charge is 2.20. The molecule has 0 aliphatic rings. The number of ether oxygens (including phenoxy) is 1. The Morgan fingerprint density at radius 1 is 1.67 bits per heavy atom. The van der Waals surface area contributed by atoms with Crippen molar-refractivity contribution in [1.82, 2.24) is 4.98 Å². The van der Waals surface area contributed by atoms with Crippen LogP contribution in [-0.2, 0) is 16.0 Å². The topological polar surface area (TPSA) is 63.0 Å². The van der Waals surface area contributed by atoms with Gasteiger partial charge in [-0.2, -0.15) is 5.26 Å². The summed E-state index contributed by atoms with van der Waals surface area (Å²) in [4.78, 5) is 14.7. The van der Waals surface area contributed by atoms with E-state index in [1.165, 1.54) is 0 Å². The molecule has 4 nitrogen and oxygen atoms in total. The summed E-state index contributed by atoms with van der Waals surface area (Å²) in [6, 6.07) is 1.69. The van der Waals surface area contributed by atoms with Crippen LogP contribution in [0.25, 0.3) is 0 Å². The van der Waals surface area contributed by atoms with Crippen molar-refractivity contribution < 1.29 is 18.3 Å². The summed E-state index contributed by atoms with van der Waals surface area (Å²) in [5, 5.41) is 8.47. The van der Waals surface area contributed by atoms with Gasteiger partial charge in [0, 0.05) is 11.8 Å². The van der Waals surface area contributed by atoms with E-state index in [1.807, 2.05) is 0 Å². The van der Waals surface area contributed by atoms with E-state index in [0.29, 0.717) is 0 Å². The van der Waals surface area contributed by atoms with Gasteiger partial charge in [-0.1, -0.05) is 11.6 Å². The third kappa shape index (κ3) is 3.14. The predicted octanol–water partition coefficient (Wildman–Crippen LogP) is 2.65. The quantitative estimate of drug-likeness (QED) is 0.792. The molecular weight excluding hydrogens is 266 g/mol. The SMILES string of the molecule is CCOC(=O)Cc1cnc(C(F)F)c(Cl)c1C#N. The summed E-state index contributed by atoms with van der Waals surface area (Å²) in [5.41, 5.74) is -0.666. The van der Waals surface area contributed by atoms with E-state index in [2.05, 4.69) is 4.98 Å². The molecular formula is C11H9ClF2N2O2. The van der Waals surface area contributed by atoms with Crippen molar-refractivity contribution in [2.24, 2.45) is 0 Å². The molecule has 0 saturated carbocycles. The molecule has 0 spiro atoms. The lowest BCUT2D eigenvalue weighted by Gasteiger charge is -2.08. The Balaban J connectivity index is 3.12. The van der Waals surface area contributed by atoms with E-state index in [4.69, 9.17) is 21.6 Å². The number of carbonyl (C=O) groups is 1. The normalized spacial score (nSPS) is 10.2. The van der Waals surface area contributed by atoms with E-state index < -0.39 is 23.1 Å². The van der Waals surface area contributed by atoms with Gasteiger partial charge < -0.3 is 4.74 Å². The molecule has 0 aromatic carbocycles. The largest absolute Gasteiger partial charge is 0.466 e. The summed E-state index contributed by atoms with van der Waals surface area (Å²) in [7, 11) is 0. The molecule has 0 bridgehead atoms. The highest BCUT2D eigenvalue weighted by atomic mass is 35.5. The van der Waals surface area contributed by atoms with Gasteiger partial charge in [-0.25, -0.2) is 8.78 Å². The number of aromatic nitrogens is 1. The summed E-state index contributed by atoms with van der Waals surface area (Å²) in [6.07, 6.45) is -2.06. The molecule has 0 aliphatic heterocycles. The molecule has 1 aromatic heterocycles. The van der Waals surface area contributed by atoms with Crippen LogP contribution in [0.2, 0.25) is 5.02 Å². The Labute approximate surface area is 107 Å². The van der Waals surface area contributed by atoms with Gasteiger partial charge in [0.25, 0.3) is 6.43 Å². The molecule has 0 aliphatic carbocycles. The summed E-state index contributed by atoms with van der Waals surface area (Å²) < 4.78 is 29.7. The average Bonchev–Trinajstić information content (AvgIpc) is 2.29. The zero-order valence-corrected chi connectivity index (χ0v) is 10.2. The number of hydrogen-bond acceptors (Lipinski definition) is 4. The fraction of sp³-hybridized carbons (Fsp3) is 0.364. The van der Waals surface area contributed by atoms with Crippen molar-refractivity contribution in [2.75, 3.05) is 6.61 Å². The molecule has 0 atom stereocenters. The lowest BCUT2D eigenvalue weighted by atomic mass is 10.1. The number of nitriles is 1. The molecule has 18 heavy (non-hydrogen) atoms. The van der Waals surface area contributed by atoms with Crippen LogP contribution in [-0.4, -0.2) is 17.6 Å². The number of hydrogen-bond donors (Lipinski definition) is 0. The summed E-state index contributed by atoms with van der Waals surface area (Å²) in [6.45, 7) is 1.82. The van der Waals surface area contributed by atoms with Crippen molar-refractivity contribution in [1.29, 1.82) is 5.26 Å². The van der Waals surface area contributed by atoms with E-state index in [0.717, 1.165) is 6.20 Å². The maximum Gasteiger partial charge on any atom is 0.310 e. The lowest BCUT2D eigenvalue weighted by Crippen LogP contribution is -2.10. The smallest absolute Gasteiger partial charge is 0.310 e. The maximum absolute atomic E-state index is 12.5. The van der Waals surface area contributed by atoms with Crippen LogP contribution in [0.1, 0.15) is 30.2 Å². The van der Waals surface area contributed by atoms with E-state index in [9.17, 15) is 13.6 Å². The zero-order chi connectivity index (χ0) is 13.7. The second-order valence-electron chi connectivity index (χ2n) is 3.25. The van der Waals surface area contributed by atoms with Crippen molar-refractivity contribution in [3.05, 3.63) is 28.0 Å². The molecule has 96 valence electrons. The minimum atomic E-state index is -2.87. The zero-order valence-electron chi connectivity index (χ0n) is 9.41. The standard InChI is InChI=1S/C11H9ClF2N2O2/c1-2-18-8(17)3-6-5-16-10(11(13)14)9(12)7(6)4-15/h5,11H,2-3H2,1H3. The number of rotatable bonds is 4. The Bertz CT molecular complexity index is 501. The van der Waals surface area contributed by atoms with Crippen molar-refractivity contribution in [2.45, 2.75) is 19.8 Å². The minimum absolute atomic E-state index is 0.171. The number of nitrogens with zero attached hydrogens (tertiary/aromatic N) is 2. The second-order valence-corrected chi connectivity index (χ2v) is 3.63. The van der Waals surface area contributed by atoms with Gasteiger partial charge in [0.1, 0.15) is 11.8 Å². The predicted molar refractivity (Wildman–Crippen MR) is 59.3 cm³/mol. The van der Waals surface area contributed by atoms with Crippen LogP contribution in [0.4, 0.5) is 8.78 Å². The second kappa shape index (κ2) is 6.26. The van der Waals surface area contributed by atoms with Gasteiger partial charge in [0.15, 0.2) is 0 Å². The Kier molecular flexibility index (Phi) is 4.98. The molecule has 0 saturated heterocycles.